The van der Waals surface area contributed by atoms with Gasteiger partial charge in [0.25, 0.3) is 0 Å². The van der Waals surface area contributed by atoms with Crippen LogP contribution in [0.1, 0.15) is 45.2 Å². The maximum atomic E-state index is 4.76. The molecule has 19 heavy (non-hydrogen) atoms. The number of nitrogens with one attached hydrogen (secondary N) is 1. The average molecular weight is 260 g/mol. The van der Waals surface area contributed by atoms with E-state index in [1.165, 1.54) is 25.7 Å². The van der Waals surface area contributed by atoms with Gasteiger partial charge in [0.2, 0.25) is 0 Å². The summed E-state index contributed by atoms with van der Waals surface area (Å²) in [5.74, 6) is 1.04. The summed E-state index contributed by atoms with van der Waals surface area (Å²) in [5, 5.41) is 3.50. The molecule has 4 nitrogen and oxygen atoms in total. The van der Waals surface area contributed by atoms with Gasteiger partial charge in [0.1, 0.15) is 5.82 Å². The third-order valence-electron chi connectivity index (χ3n) is 4.05. The van der Waals surface area contributed by atoms with Crippen molar-refractivity contribution in [2.24, 2.45) is 5.41 Å². The smallest absolute Gasteiger partial charge is 0.147 e. The molecule has 0 spiro atoms. The molecular weight excluding hydrogens is 236 g/mol. The minimum Gasteiger partial charge on any atom is -0.355 e. The number of rotatable bonds is 4. The summed E-state index contributed by atoms with van der Waals surface area (Å²) < 4.78 is 0. The number of nitrogens with zero attached hydrogens (tertiary/aromatic N) is 3. The van der Waals surface area contributed by atoms with Crippen molar-refractivity contribution in [2.75, 3.05) is 18.0 Å². The van der Waals surface area contributed by atoms with Crippen molar-refractivity contribution in [2.45, 2.75) is 52.1 Å². The van der Waals surface area contributed by atoms with Crippen LogP contribution in [0.2, 0.25) is 0 Å². The SMILES string of the molecule is CC1(C)CCCN(c2cncc(CNC3CC3)n2)C1. The predicted molar refractivity (Wildman–Crippen MR) is 77.1 cm³/mol. The molecule has 3 rings (SSSR count). The standard InChI is InChI=1S/C15H24N4/c1-15(2)6-3-7-19(11-15)14-10-16-8-13(18-14)9-17-12-4-5-12/h8,10,12,17H,3-7,9,11H2,1-2H3. The van der Waals surface area contributed by atoms with Gasteiger partial charge in [-0.1, -0.05) is 13.8 Å². The summed E-state index contributed by atoms with van der Waals surface area (Å²) in [6.07, 6.45) is 8.97. The monoisotopic (exact) mass is 260 g/mol. The summed E-state index contributed by atoms with van der Waals surface area (Å²) >= 11 is 0. The maximum Gasteiger partial charge on any atom is 0.147 e. The fraction of sp³-hybridized carbons (Fsp3) is 0.733. The van der Waals surface area contributed by atoms with Gasteiger partial charge in [-0.15, -0.1) is 0 Å². The van der Waals surface area contributed by atoms with E-state index >= 15 is 0 Å². The Morgan fingerprint density at radius 3 is 2.95 bits per heavy atom. The third-order valence-corrected chi connectivity index (χ3v) is 4.05. The second-order valence-electron chi connectivity index (χ2n) is 6.71. The quantitative estimate of drug-likeness (QED) is 0.902. The van der Waals surface area contributed by atoms with Crippen LogP contribution in [0.5, 0.6) is 0 Å². The minimum absolute atomic E-state index is 0.391. The lowest BCUT2D eigenvalue weighted by Crippen LogP contribution is -2.40. The number of anilines is 1. The van der Waals surface area contributed by atoms with E-state index in [4.69, 9.17) is 4.98 Å². The zero-order chi connectivity index (χ0) is 13.3. The van der Waals surface area contributed by atoms with Crippen molar-refractivity contribution in [3.63, 3.8) is 0 Å². The van der Waals surface area contributed by atoms with Crippen LogP contribution >= 0.6 is 0 Å². The highest BCUT2D eigenvalue weighted by Gasteiger charge is 2.27. The van der Waals surface area contributed by atoms with Crippen LogP contribution in [0, 0.1) is 5.41 Å². The highest BCUT2D eigenvalue weighted by Crippen LogP contribution is 2.30. The van der Waals surface area contributed by atoms with Gasteiger partial charge >= 0.3 is 0 Å². The number of piperidine rings is 1. The van der Waals surface area contributed by atoms with E-state index in [0.29, 0.717) is 5.41 Å². The lowest BCUT2D eigenvalue weighted by atomic mass is 9.84. The summed E-state index contributed by atoms with van der Waals surface area (Å²) in [5.41, 5.74) is 1.45. The van der Waals surface area contributed by atoms with E-state index in [2.05, 4.69) is 29.0 Å². The zero-order valence-electron chi connectivity index (χ0n) is 12.0. The second-order valence-corrected chi connectivity index (χ2v) is 6.71. The average Bonchev–Trinajstić information content (AvgIpc) is 3.20. The Morgan fingerprint density at radius 2 is 2.21 bits per heavy atom. The van der Waals surface area contributed by atoms with Crippen molar-refractivity contribution >= 4 is 5.82 Å². The molecular formula is C15H24N4. The van der Waals surface area contributed by atoms with Crippen molar-refractivity contribution in [3.8, 4) is 0 Å². The first-order valence-corrected chi connectivity index (χ1v) is 7.42. The molecule has 1 aromatic heterocycles. The number of hydrogen-bond acceptors (Lipinski definition) is 4. The first-order chi connectivity index (χ1) is 9.12. The van der Waals surface area contributed by atoms with Crippen molar-refractivity contribution in [1.82, 2.24) is 15.3 Å². The Morgan fingerprint density at radius 1 is 1.37 bits per heavy atom. The Balaban J connectivity index is 1.67. The predicted octanol–water partition coefficient (Wildman–Crippen LogP) is 2.36. The van der Waals surface area contributed by atoms with Crippen LogP contribution < -0.4 is 10.2 Å². The second kappa shape index (κ2) is 5.08. The summed E-state index contributed by atoms with van der Waals surface area (Å²) in [6, 6.07) is 0.722. The van der Waals surface area contributed by atoms with E-state index < -0.39 is 0 Å². The molecule has 0 unspecified atom stereocenters. The highest BCUT2D eigenvalue weighted by atomic mass is 15.2. The highest BCUT2D eigenvalue weighted by molar-refractivity contribution is 5.37. The van der Waals surface area contributed by atoms with E-state index in [1.807, 2.05) is 12.4 Å². The molecule has 2 heterocycles. The molecule has 2 fully saturated rings. The van der Waals surface area contributed by atoms with Crippen LogP contribution in [0.4, 0.5) is 5.82 Å². The lowest BCUT2D eigenvalue weighted by Gasteiger charge is -2.38. The van der Waals surface area contributed by atoms with Gasteiger partial charge in [0.05, 0.1) is 11.9 Å². The van der Waals surface area contributed by atoms with E-state index in [9.17, 15) is 0 Å². The third kappa shape index (κ3) is 3.44. The lowest BCUT2D eigenvalue weighted by molar-refractivity contribution is 0.292. The summed E-state index contributed by atoms with van der Waals surface area (Å²) in [7, 11) is 0. The van der Waals surface area contributed by atoms with Crippen molar-refractivity contribution in [3.05, 3.63) is 18.1 Å². The molecule has 0 amide bonds. The molecule has 2 aliphatic rings. The molecule has 1 aliphatic carbocycles. The molecule has 104 valence electrons. The van der Waals surface area contributed by atoms with E-state index in [-0.39, 0.29) is 0 Å². The maximum absolute atomic E-state index is 4.76. The molecule has 1 N–H and O–H groups in total. The normalized spacial score (nSPS) is 22.5. The Kier molecular flexibility index (Phi) is 3.44. The zero-order valence-corrected chi connectivity index (χ0v) is 12.0. The molecule has 0 aromatic carbocycles. The van der Waals surface area contributed by atoms with Gasteiger partial charge in [-0.25, -0.2) is 4.98 Å². The van der Waals surface area contributed by atoms with Gasteiger partial charge in [0, 0.05) is 31.9 Å². The molecule has 0 radical (unpaired) electrons. The molecule has 1 saturated carbocycles. The Bertz CT molecular complexity index is 440. The van der Waals surface area contributed by atoms with Crippen molar-refractivity contribution < 1.29 is 0 Å². The van der Waals surface area contributed by atoms with Crippen LogP contribution in [-0.4, -0.2) is 29.1 Å². The number of hydrogen-bond donors (Lipinski definition) is 1. The Hall–Kier alpha value is -1.16. The van der Waals surface area contributed by atoms with Crippen LogP contribution in [0.25, 0.3) is 0 Å². The van der Waals surface area contributed by atoms with Gasteiger partial charge < -0.3 is 10.2 Å². The van der Waals surface area contributed by atoms with E-state index in [0.717, 1.165) is 37.2 Å². The molecule has 1 saturated heterocycles. The van der Waals surface area contributed by atoms with E-state index in [1.54, 1.807) is 0 Å². The fourth-order valence-electron chi connectivity index (χ4n) is 2.79. The molecule has 1 aromatic rings. The molecule has 0 atom stereocenters. The van der Waals surface area contributed by atoms with Crippen LogP contribution in [-0.2, 0) is 6.54 Å². The first-order valence-electron chi connectivity index (χ1n) is 7.42. The topological polar surface area (TPSA) is 41.1 Å². The van der Waals surface area contributed by atoms with Crippen LogP contribution in [0.3, 0.4) is 0 Å². The molecule has 0 bridgehead atoms. The van der Waals surface area contributed by atoms with Gasteiger partial charge in [0.15, 0.2) is 0 Å². The van der Waals surface area contributed by atoms with Gasteiger partial charge in [-0.2, -0.15) is 0 Å². The minimum atomic E-state index is 0.391. The number of aromatic nitrogens is 2. The fourth-order valence-corrected chi connectivity index (χ4v) is 2.79. The van der Waals surface area contributed by atoms with Crippen molar-refractivity contribution in [1.29, 1.82) is 0 Å². The van der Waals surface area contributed by atoms with Crippen LogP contribution in [0.15, 0.2) is 12.4 Å². The Labute approximate surface area is 115 Å². The molecule has 1 aliphatic heterocycles. The van der Waals surface area contributed by atoms with Gasteiger partial charge in [-0.05, 0) is 31.1 Å². The first kappa shape index (κ1) is 12.9. The largest absolute Gasteiger partial charge is 0.355 e. The summed E-state index contributed by atoms with van der Waals surface area (Å²) in [4.78, 5) is 11.5. The van der Waals surface area contributed by atoms with Gasteiger partial charge in [-0.3, -0.25) is 4.98 Å². The summed E-state index contributed by atoms with van der Waals surface area (Å²) in [6.45, 7) is 7.72. The molecule has 4 heteroatoms.